The third kappa shape index (κ3) is 4.29. The van der Waals surface area contributed by atoms with Gasteiger partial charge in [0.2, 0.25) is 0 Å². The van der Waals surface area contributed by atoms with Gasteiger partial charge < -0.3 is 5.32 Å². The number of hydrogen-bond donors (Lipinski definition) is 1. The summed E-state index contributed by atoms with van der Waals surface area (Å²) in [5.74, 6) is 1.27. The molecule has 0 bridgehead atoms. The highest BCUT2D eigenvalue weighted by Crippen LogP contribution is 2.26. The van der Waals surface area contributed by atoms with E-state index in [9.17, 15) is 4.39 Å². The van der Waals surface area contributed by atoms with Crippen LogP contribution in [0.1, 0.15) is 11.1 Å². The molecule has 5 heteroatoms. The molecule has 0 atom stereocenters. The second kappa shape index (κ2) is 7.74. The van der Waals surface area contributed by atoms with E-state index in [2.05, 4.69) is 27.4 Å². The number of hydrogen-bond acceptors (Lipinski definition) is 4. The molecular formula is C18H16FN3S. The molecule has 23 heavy (non-hydrogen) atoms. The van der Waals surface area contributed by atoms with Gasteiger partial charge in [-0.15, -0.1) is 0 Å². The molecule has 0 aliphatic heterocycles. The highest BCUT2D eigenvalue weighted by molar-refractivity contribution is 7.98. The van der Waals surface area contributed by atoms with E-state index in [4.69, 9.17) is 0 Å². The lowest BCUT2D eigenvalue weighted by Crippen LogP contribution is -2.05. The van der Waals surface area contributed by atoms with Crippen molar-refractivity contribution in [3.8, 4) is 0 Å². The van der Waals surface area contributed by atoms with E-state index in [0.717, 1.165) is 10.8 Å². The molecule has 0 unspecified atom stereocenters. The lowest BCUT2D eigenvalue weighted by Gasteiger charge is -2.10. The lowest BCUT2D eigenvalue weighted by molar-refractivity contribution is 0.612. The molecule has 116 valence electrons. The van der Waals surface area contributed by atoms with Crippen molar-refractivity contribution in [2.45, 2.75) is 17.3 Å². The Labute approximate surface area is 139 Å². The first-order valence-corrected chi connectivity index (χ1v) is 8.26. The summed E-state index contributed by atoms with van der Waals surface area (Å²) in [5.41, 5.74) is 1.83. The van der Waals surface area contributed by atoms with Gasteiger partial charge in [-0.2, -0.15) is 0 Å². The van der Waals surface area contributed by atoms with Crippen LogP contribution < -0.4 is 5.32 Å². The van der Waals surface area contributed by atoms with Crippen LogP contribution in [0.5, 0.6) is 0 Å². The largest absolute Gasteiger partial charge is 0.364 e. The molecule has 3 rings (SSSR count). The SMILES string of the molecule is Fc1ccccc1CNc1nccnc1SCc1ccccc1. The number of aromatic nitrogens is 2. The minimum absolute atomic E-state index is 0.220. The Bertz CT molecular complexity index is 765. The Morgan fingerprint density at radius 2 is 1.65 bits per heavy atom. The van der Waals surface area contributed by atoms with Gasteiger partial charge in [-0.3, -0.25) is 0 Å². The Balaban J connectivity index is 1.67. The summed E-state index contributed by atoms with van der Waals surface area (Å²) in [6.07, 6.45) is 3.30. The summed E-state index contributed by atoms with van der Waals surface area (Å²) in [6.45, 7) is 0.379. The molecule has 3 nitrogen and oxygen atoms in total. The summed E-state index contributed by atoms with van der Waals surface area (Å²) >= 11 is 1.61. The average molecular weight is 325 g/mol. The van der Waals surface area contributed by atoms with E-state index < -0.39 is 0 Å². The van der Waals surface area contributed by atoms with E-state index >= 15 is 0 Å². The van der Waals surface area contributed by atoms with Gasteiger partial charge in [-0.25, -0.2) is 14.4 Å². The van der Waals surface area contributed by atoms with E-state index in [0.29, 0.717) is 17.9 Å². The zero-order valence-corrected chi connectivity index (χ0v) is 13.3. The molecule has 0 radical (unpaired) electrons. The van der Waals surface area contributed by atoms with Crippen molar-refractivity contribution in [2.75, 3.05) is 5.32 Å². The van der Waals surface area contributed by atoms with Gasteiger partial charge in [0.1, 0.15) is 10.8 Å². The van der Waals surface area contributed by atoms with Gasteiger partial charge in [0.15, 0.2) is 5.82 Å². The maximum atomic E-state index is 13.7. The van der Waals surface area contributed by atoms with Crippen LogP contribution in [0.25, 0.3) is 0 Å². The van der Waals surface area contributed by atoms with Crippen LogP contribution in [-0.2, 0) is 12.3 Å². The molecular weight excluding hydrogens is 309 g/mol. The topological polar surface area (TPSA) is 37.8 Å². The molecule has 1 heterocycles. The van der Waals surface area contributed by atoms with Crippen LogP contribution in [0.3, 0.4) is 0 Å². The minimum atomic E-state index is -0.220. The number of anilines is 1. The number of rotatable bonds is 6. The van der Waals surface area contributed by atoms with E-state index in [1.54, 1.807) is 36.3 Å². The van der Waals surface area contributed by atoms with Crippen molar-refractivity contribution in [1.82, 2.24) is 9.97 Å². The molecule has 0 amide bonds. The van der Waals surface area contributed by atoms with Crippen LogP contribution in [0.2, 0.25) is 0 Å². The standard InChI is InChI=1S/C18H16FN3S/c19-16-9-5-4-8-15(16)12-22-17-18(21-11-10-20-17)23-13-14-6-2-1-3-7-14/h1-11H,12-13H2,(H,20,22). The van der Waals surface area contributed by atoms with Crippen LogP contribution in [-0.4, -0.2) is 9.97 Å². The Hall–Kier alpha value is -2.40. The second-order valence-corrected chi connectivity index (χ2v) is 5.89. The van der Waals surface area contributed by atoms with Gasteiger partial charge in [-0.1, -0.05) is 60.3 Å². The zero-order chi connectivity index (χ0) is 15.9. The summed E-state index contributed by atoms with van der Waals surface area (Å²) < 4.78 is 13.7. The molecule has 3 aromatic rings. The maximum Gasteiger partial charge on any atom is 0.158 e. The summed E-state index contributed by atoms with van der Waals surface area (Å²) in [5, 5.41) is 3.98. The van der Waals surface area contributed by atoms with Crippen LogP contribution in [0.15, 0.2) is 72.0 Å². The molecule has 1 N–H and O–H groups in total. The molecule has 0 saturated carbocycles. The number of halogens is 1. The fourth-order valence-electron chi connectivity index (χ4n) is 2.10. The normalized spacial score (nSPS) is 10.5. The van der Waals surface area contributed by atoms with Crippen molar-refractivity contribution in [3.05, 3.63) is 83.9 Å². The molecule has 0 saturated heterocycles. The summed E-state index contributed by atoms with van der Waals surface area (Å²) in [7, 11) is 0. The van der Waals surface area contributed by atoms with Crippen molar-refractivity contribution < 1.29 is 4.39 Å². The lowest BCUT2D eigenvalue weighted by atomic mass is 10.2. The molecule has 0 aliphatic carbocycles. The van der Waals surface area contributed by atoms with Gasteiger partial charge in [0.25, 0.3) is 0 Å². The van der Waals surface area contributed by atoms with Crippen molar-refractivity contribution in [1.29, 1.82) is 0 Å². The molecule has 0 aliphatic rings. The van der Waals surface area contributed by atoms with Crippen LogP contribution in [0, 0.1) is 5.82 Å². The van der Waals surface area contributed by atoms with Crippen molar-refractivity contribution in [2.24, 2.45) is 0 Å². The van der Waals surface area contributed by atoms with Gasteiger partial charge in [0, 0.05) is 30.3 Å². The van der Waals surface area contributed by atoms with Gasteiger partial charge in [-0.05, 0) is 11.6 Å². The first kappa shape index (κ1) is 15.5. The number of thioether (sulfide) groups is 1. The average Bonchev–Trinajstić information content (AvgIpc) is 2.61. The van der Waals surface area contributed by atoms with E-state index in [1.807, 2.05) is 24.3 Å². The predicted molar refractivity (Wildman–Crippen MR) is 91.8 cm³/mol. The molecule has 2 aromatic carbocycles. The Morgan fingerprint density at radius 3 is 2.48 bits per heavy atom. The Morgan fingerprint density at radius 1 is 0.913 bits per heavy atom. The smallest absolute Gasteiger partial charge is 0.158 e. The molecule has 0 spiro atoms. The van der Waals surface area contributed by atoms with Gasteiger partial charge in [0.05, 0.1) is 0 Å². The quantitative estimate of drug-likeness (QED) is 0.676. The monoisotopic (exact) mass is 325 g/mol. The fraction of sp³-hybridized carbons (Fsp3) is 0.111. The van der Waals surface area contributed by atoms with E-state index in [1.165, 1.54) is 11.6 Å². The highest BCUT2D eigenvalue weighted by Gasteiger charge is 2.07. The highest BCUT2D eigenvalue weighted by atomic mass is 32.2. The number of nitrogens with one attached hydrogen (secondary N) is 1. The van der Waals surface area contributed by atoms with Crippen LogP contribution >= 0.6 is 11.8 Å². The minimum Gasteiger partial charge on any atom is -0.364 e. The van der Waals surface area contributed by atoms with Gasteiger partial charge >= 0.3 is 0 Å². The van der Waals surface area contributed by atoms with Crippen molar-refractivity contribution >= 4 is 17.6 Å². The maximum absolute atomic E-state index is 13.7. The summed E-state index contributed by atoms with van der Waals surface area (Å²) in [4.78, 5) is 8.69. The molecule has 1 aromatic heterocycles. The predicted octanol–water partition coefficient (Wildman–Crippen LogP) is 4.52. The first-order valence-electron chi connectivity index (χ1n) is 7.28. The summed E-state index contributed by atoms with van der Waals surface area (Å²) in [6, 6.07) is 16.9. The third-order valence-electron chi connectivity index (χ3n) is 3.29. The van der Waals surface area contributed by atoms with E-state index in [-0.39, 0.29) is 5.82 Å². The second-order valence-electron chi connectivity index (χ2n) is 4.93. The van der Waals surface area contributed by atoms with Crippen molar-refractivity contribution in [3.63, 3.8) is 0 Å². The number of nitrogens with zero attached hydrogens (tertiary/aromatic N) is 2. The third-order valence-corrected chi connectivity index (χ3v) is 4.34. The Kier molecular flexibility index (Phi) is 5.21. The first-order chi connectivity index (χ1) is 11.3. The zero-order valence-electron chi connectivity index (χ0n) is 12.4. The molecule has 0 fully saturated rings. The van der Waals surface area contributed by atoms with Crippen LogP contribution in [0.4, 0.5) is 10.2 Å². The number of benzene rings is 2. The fourth-order valence-corrected chi connectivity index (χ4v) is 2.99.